The Balaban J connectivity index is 1.46. The van der Waals surface area contributed by atoms with Crippen LogP contribution in [-0.2, 0) is 6.54 Å². The van der Waals surface area contributed by atoms with E-state index in [1.807, 2.05) is 6.08 Å². The van der Waals surface area contributed by atoms with E-state index < -0.39 is 17.8 Å². The van der Waals surface area contributed by atoms with Crippen LogP contribution in [-0.4, -0.2) is 45.9 Å². The first-order valence-electron chi connectivity index (χ1n) is 10.9. The van der Waals surface area contributed by atoms with Gasteiger partial charge in [0, 0.05) is 24.6 Å². The summed E-state index contributed by atoms with van der Waals surface area (Å²) in [5.41, 5.74) is 8.04. The highest BCUT2D eigenvalue weighted by molar-refractivity contribution is 6.16. The molecule has 2 aromatic carbocycles. The molecule has 10 heteroatoms. The smallest absolute Gasteiger partial charge is 0.255 e. The predicted molar refractivity (Wildman–Crippen MR) is 130 cm³/mol. The van der Waals surface area contributed by atoms with Gasteiger partial charge < -0.3 is 26.2 Å². The number of halogens is 1. The first-order valence-corrected chi connectivity index (χ1v) is 10.9. The normalized spacial score (nSPS) is 16.7. The Kier molecular flexibility index (Phi) is 7.02. The molecular formula is C25H25FN6O3. The maximum atomic E-state index is 13.6. The number of rotatable bonds is 8. The molecule has 0 saturated heterocycles. The lowest BCUT2D eigenvalue weighted by atomic mass is 10.0. The molecule has 9 nitrogen and oxygen atoms in total. The van der Waals surface area contributed by atoms with Gasteiger partial charge in [0.25, 0.3) is 5.91 Å². The van der Waals surface area contributed by atoms with Gasteiger partial charge in [0.05, 0.1) is 30.1 Å². The maximum absolute atomic E-state index is 13.6. The Labute approximate surface area is 201 Å². The first kappa shape index (κ1) is 23.8. The standard InChI is InChI=1S/C25H25FN6O3/c1-35-20-9-6-16(26)10-19(20)25(34)29-12-14-2-4-15(5-3-14)22(27)21-23(28)30-13-31-24(21)32-17-7-8-18(33)11-17/h2-10,13,17-18,27,33H,11-12H2,1H3,(H,29,34)(H3,28,30,31,32). The van der Waals surface area contributed by atoms with E-state index in [2.05, 4.69) is 20.6 Å². The van der Waals surface area contributed by atoms with Gasteiger partial charge in [-0.05, 0) is 23.8 Å². The molecule has 0 fully saturated rings. The topological polar surface area (TPSA) is 146 Å². The molecular weight excluding hydrogens is 451 g/mol. The van der Waals surface area contributed by atoms with Crippen molar-refractivity contribution in [1.29, 1.82) is 5.41 Å². The molecule has 3 aromatic rings. The van der Waals surface area contributed by atoms with Crippen molar-refractivity contribution >= 4 is 23.3 Å². The van der Waals surface area contributed by atoms with Crippen LogP contribution in [0.25, 0.3) is 0 Å². The molecule has 2 atom stereocenters. The largest absolute Gasteiger partial charge is 0.496 e. The number of nitrogens with one attached hydrogen (secondary N) is 3. The number of nitrogens with two attached hydrogens (primary N) is 1. The summed E-state index contributed by atoms with van der Waals surface area (Å²) >= 11 is 0. The van der Waals surface area contributed by atoms with Gasteiger partial charge in [-0.15, -0.1) is 0 Å². The van der Waals surface area contributed by atoms with Crippen LogP contribution in [0.1, 0.15) is 33.5 Å². The minimum atomic E-state index is -0.531. The molecule has 1 heterocycles. The summed E-state index contributed by atoms with van der Waals surface area (Å²) in [5.74, 6) is -0.143. The lowest BCUT2D eigenvalue weighted by molar-refractivity contribution is 0.0947. The number of carbonyl (C=O) groups is 1. The van der Waals surface area contributed by atoms with Crippen LogP contribution in [0.15, 0.2) is 60.9 Å². The van der Waals surface area contributed by atoms with Crippen molar-refractivity contribution in [2.45, 2.75) is 25.1 Å². The molecule has 0 spiro atoms. The summed E-state index contributed by atoms with van der Waals surface area (Å²) in [6.45, 7) is 0.200. The molecule has 180 valence electrons. The number of hydrogen-bond donors (Lipinski definition) is 5. The van der Waals surface area contributed by atoms with Gasteiger partial charge in [0.15, 0.2) is 0 Å². The molecule has 0 radical (unpaired) electrons. The average Bonchev–Trinajstić information content (AvgIpc) is 3.27. The number of amides is 1. The minimum Gasteiger partial charge on any atom is -0.496 e. The number of hydrogen-bond acceptors (Lipinski definition) is 8. The summed E-state index contributed by atoms with van der Waals surface area (Å²) in [5, 5.41) is 24.4. The van der Waals surface area contributed by atoms with Crippen molar-refractivity contribution in [2.75, 3.05) is 18.2 Å². The lowest BCUT2D eigenvalue weighted by Gasteiger charge is -2.17. The molecule has 1 aromatic heterocycles. The van der Waals surface area contributed by atoms with Crippen molar-refractivity contribution in [2.24, 2.45) is 0 Å². The highest BCUT2D eigenvalue weighted by atomic mass is 19.1. The van der Waals surface area contributed by atoms with E-state index in [4.69, 9.17) is 15.9 Å². The number of aliphatic hydroxyl groups is 1. The molecule has 1 amide bonds. The number of methoxy groups -OCH3 is 1. The Bertz CT molecular complexity index is 1280. The van der Waals surface area contributed by atoms with Crippen molar-refractivity contribution in [3.05, 3.63) is 89.0 Å². The van der Waals surface area contributed by atoms with Crippen molar-refractivity contribution < 1.29 is 19.0 Å². The number of aliphatic hydroxyl groups excluding tert-OH is 1. The molecule has 1 aliphatic rings. The second kappa shape index (κ2) is 10.3. The van der Waals surface area contributed by atoms with E-state index in [-0.39, 0.29) is 35.4 Å². The summed E-state index contributed by atoms with van der Waals surface area (Å²) < 4.78 is 18.7. The number of anilines is 2. The van der Waals surface area contributed by atoms with Crippen LogP contribution >= 0.6 is 0 Å². The summed E-state index contributed by atoms with van der Waals surface area (Å²) in [6.07, 6.45) is 4.85. The Morgan fingerprint density at radius 3 is 2.69 bits per heavy atom. The van der Waals surface area contributed by atoms with Gasteiger partial charge in [-0.25, -0.2) is 14.4 Å². The van der Waals surface area contributed by atoms with Gasteiger partial charge in [-0.2, -0.15) is 0 Å². The van der Waals surface area contributed by atoms with E-state index in [9.17, 15) is 14.3 Å². The predicted octanol–water partition coefficient (Wildman–Crippen LogP) is 2.65. The number of nitrogen functional groups attached to an aromatic ring is 1. The maximum Gasteiger partial charge on any atom is 0.255 e. The van der Waals surface area contributed by atoms with Crippen molar-refractivity contribution in [3.63, 3.8) is 0 Å². The highest BCUT2D eigenvalue weighted by Crippen LogP contribution is 2.25. The van der Waals surface area contributed by atoms with Crippen LogP contribution < -0.4 is 21.1 Å². The highest BCUT2D eigenvalue weighted by Gasteiger charge is 2.21. The molecule has 0 bridgehead atoms. The molecule has 1 aliphatic carbocycles. The number of nitrogens with zero attached hydrogens (tertiary/aromatic N) is 2. The zero-order valence-corrected chi connectivity index (χ0v) is 19.0. The zero-order valence-electron chi connectivity index (χ0n) is 19.0. The van der Waals surface area contributed by atoms with Crippen LogP contribution in [0.3, 0.4) is 0 Å². The molecule has 4 rings (SSSR count). The molecule has 2 unspecified atom stereocenters. The SMILES string of the molecule is COc1ccc(F)cc1C(=O)NCc1ccc(C(=N)c2c(N)ncnc2NC2C=CC(O)C2)cc1. The van der Waals surface area contributed by atoms with E-state index in [0.717, 1.165) is 11.6 Å². The van der Waals surface area contributed by atoms with E-state index in [1.165, 1.54) is 25.6 Å². The van der Waals surface area contributed by atoms with E-state index in [0.29, 0.717) is 23.4 Å². The van der Waals surface area contributed by atoms with E-state index >= 15 is 0 Å². The van der Waals surface area contributed by atoms with Crippen LogP contribution in [0.5, 0.6) is 5.75 Å². The van der Waals surface area contributed by atoms with Crippen molar-refractivity contribution in [3.8, 4) is 5.75 Å². The summed E-state index contributed by atoms with van der Waals surface area (Å²) in [6, 6.07) is 10.6. The monoisotopic (exact) mass is 476 g/mol. The third-order valence-corrected chi connectivity index (χ3v) is 5.61. The molecule has 35 heavy (non-hydrogen) atoms. The number of aromatic nitrogens is 2. The third-order valence-electron chi connectivity index (χ3n) is 5.61. The van der Waals surface area contributed by atoms with Crippen molar-refractivity contribution in [1.82, 2.24) is 15.3 Å². The lowest BCUT2D eigenvalue weighted by Crippen LogP contribution is -2.23. The number of ether oxygens (including phenoxy) is 1. The minimum absolute atomic E-state index is 0.107. The van der Waals surface area contributed by atoms with Crippen LogP contribution in [0.2, 0.25) is 0 Å². The zero-order chi connectivity index (χ0) is 24.9. The second-order valence-electron chi connectivity index (χ2n) is 8.02. The number of benzene rings is 2. The fourth-order valence-corrected chi connectivity index (χ4v) is 3.79. The summed E-state index contributed by atoms with van der Waals surface area (Å²) in [4.78, 5) is 20.8. The Morgan fingerprint density at radius 1 is 1.23 bits per heavy atom. The quantitative estimate of drug-likeness (QED) is 0.248. The van der Waals surface area contributed by atoms with Crippen LogP contribution in [0, 0.1) is 11.2 Å². The average molecular weight is 477 g/mol. The van der Waals surface area contributed by atoms with Gasteiger partial charge in [0.1, 0.15) is 29.5 Å². The fraction of sp³-hybridized carbons (Fsp3) is 0.200. The van der Waals surface area contributed by atoms with Gasteiger partial charge in [0.2, 0.25) is 0 Å². The molecule has 6 N–H and O–H groups in total. The Hall–Kier alpha value is -4.31. The summed E-state index contributed by atoms with van der Waals surface area (Å²) in [7, 11) is 1.41. The molecule has 0 saturated carbocycles. The van der Waals surface area contributed by atoms with Gasteiger partial charge in [-0.3, -0.25) is 10.2 Å². The van der Waals surface area contributed by atoms with Crippen LogP contribution in [0.4, 0.5) is 16.0 Å². The molecule has 0 aliphatic heterocycles. The van der Waals surface area contributed by atoms with Gasteiger partial charge in [-0.1, -0.05) is 36.4 Å². The number of carbonyl (C=O) groups excluding carboxylic acids is 1. The Morgan fingerprint density at radius 2 is 2.00 bits per heavy atom. The van der Waals surface area contributed by atoms with Gasteiger partial charge >= 0.3 is 0 Å². The third kappa shape index (κ3) is 5.44. The first-order chi connectivity index (χ1) is 16.9. The second-order valence-corrected chi connectivity index (χ2v) is 8.02. The fourth-order valence-electron chi connectivity index (χ4n) is 3.79. The van der Waals surface area contributed by atoms with E-state index in [1.54, 1.807) is 30.3 Å².